The first-order valence-electron chi connectivity index (χ1n) is 9.62. The van der Waals surface area contributed by atoms with Gasteiger partial charge in [0, 0.05) is 12.1 Å². The van der Waals surface area contributed by atoms with E-state index >= 15 is 0 Å². The van der Waals surface area contributed by atoms with Crippen molar-refractivity contribution in [2.45, 2.75) is 18.6 Å². The van der Waals surface area contributed by atoms with Crippen LogP contribution in [0.15, 0.2) is 76.9 Å². The molecular formula is C23H19FN4O2S. The van der Waals surface area contributed by atoms with Gasteiger partial charge in [-0.2, -0.15) is 5.10 Å². The summed E-state index contributed by atoms with van der Waals surface area (Å²) < 4.78 is 13.0. The zero-order valence-electron chi connectivity index (χ0n) is 16.6. The van der Waals surface area contributed by atoms with Crippen LogP contribution in [0.4, 0.5) is 10.1 Å². The zero-order valence-corrected chi connectivity index (χ0v) is 17.4. The summed E-state index contributed by atoms with van der Waals surface area (Å²) in [6.07, 6.45) is 0.0179. The Morgan fingerprint density at radius 2 is 1.84 bits per heavy atom. The molecule has 0 bridgehead atoms. The number of benzene rings is 3. The van der Waals surface area contributed by atoms with Crippen LogP contribution >= 0.6 is 11.8 Å². The topological polar surface area (TPSA) is 82.9 Å². The van der Waals surface area contributed by atoms with Gasteiger partial charge in [-0.3, -0.25) is 9.59 Å². The number of carbonyl (C=O) groups is 2. The van der Waals surface area contributed by atoms with Crippen LogP contribution < -0.4 is 10.6 Å². The van der Waals surface area contributed by atoms with Crippen LogP contribution in [0.2, 0.25) is 0 Å². The van der Waals surface area contributed by atoms with Gasteiger partial charge in [0.15, 0.2) is 5.17 Å². The molecule has 8 heteroatoms. The minimum absolute atomic E-state index is 0.0179. The fourth-order valence-corrected chi connectivity index (χ4v) is 4.02. The van der Waals surface area contributed by atoms with Crippen molar-refractivity contribution < 1.29 is 14.0 Å². The highest BCUT2D eigenvalue weighted by atomic mass is 32.2. The molecule has 1 fully saturated rings. The molecule has 1 heterocycles. The van der Waals surface area contributed by atoms with E-state index in [2.05, 4.69) is 20.8 Å². The summed E-state index contributed by atoms with van der Waals surface area (Å²) in [5.74, 6) is -1.05. The number of anilines is 1. The van der Waals surface area contributed by atoms with E-state index in [4.69, 9.17) is 0 Å². The van der Waals surface area contributed by atoms with Crippen LogP contribution in [0, 0.1) is 5.82 Å². The third-order valence-electron chi connectivity index (χ3n) is 4.73. The van der Waals surface area contributed by atoms with Crippen LogP contribution in [-0.4, -0.2) is 27.9 Å². The van der Waals surface area contributed by atoms with Crippen LogP contribution in [0.25, 0.3) is 10.8 Å². The molecule has 3 aromatic carbocycles. The molecule has 1 aliphatic heterocycles. The lowest BCUT2D eigenvalue weighted by molar-refractivity contribution is -0.123. The van der Waals surface area contributed by atoms with Gasteiger partial charge in [-0.05, 0) is 53.6 Å². The number of rotatable bonds is 4. The van der Waals surface area contributed by atoms with Crippen molar-refractivity contribution in [3.63, 3.8) is 0 Å². The summed E-state index contributed by atoms with van der Waals surface area (Å²) in [7, 11) is 0. The lowest BCUT2D eigenvalue weighted by atomic mass is 10.0. The molecule has 1 unspecified atom stereocenters. The van der Waals surface area contributed by atoms with Gasteiger partial charge in [0.2, 0.25) is 11.8 Å². The van der Waals surface area contributed by atoms with Crippen molar-refractivity contribution in [1.82, 2.24) is 5.32 Å². The lowest BCUT2D eigenvalue weighted by Crippen LogP contribution is -2.41. The second-order valence-corrected chi connectivity index (χ2v) is 8.20. The fourth-order valence-electron chi connectivity index (χ4n) is 3.09. The Balaban J connectivity index is 1.48. The number of hydrogen-bond acceptors (Lipinski definition) is 5. The average Bonchev–Trinajstić information content (AvgIpc) is 2.78. The van der Waals surface area contributed by atoms with Crippen molar-refractivity contribution >= 4 is 50.9 Å². The van der Waals surface area contributed by atoms with Gasteiger partial charge in [0.25, 0.3) is 0 Å². The van der Waals surface area contributed by atoms with Crippen molar-refractivity contribution in [3.05, 3.63) is 78.1 Å². The Labute approximate surface area is 182 Å². The molecule has 1 atom stereocenters. The Hall–Kier alpha value is -3.52. The predicted octanol–water partition coefficient (Wildman–Crippen LogP) is 4.32. The molecule has 0 aromatic heterocycles. The van der Waals surface area contributed by atoms with E-state index in [1.54, 1.807) is 0 Å². The molecule has 1 aliphatic rings. The summed E-state index contributed by atoms with van der Waals surface area (Å²) >= 11 is 1.13. The van der Waals surface area contributed by atoms with Gasteiger partial charge >= 0.3 is 0 Å². The highest BCUT2D eigenvalue weighted by Crippen LogP contribution is 2.23. The molecule has 1 saturated heterocycles. The lowest BCUT2D eigenvalue weighted by Gasteiger charge is -2.21. The minimum Gasteiger partial charge on any atom is -0.325 e. The average molecular weight is 434 g/mol. The molecule has 3 aromatic rings. The van der Waals surface area contributed by atoms with Gasteiger partial charge in [-0.25, -0.2) is 4.39 Å². The van der Waals surface area contributed by atoms with Gasteiger partial charge in [-0.1, -0.05) is 48.2 Å². The quantitative estimate of drug-likeness (QED) is 0.474. The van der Waals surface area contributed by atoms with Crippen molar-refractivity contribution in [2.75, 3.05) is 5.32 Å². The summed E-state index contributed by atoms with van der Waals surface area (Å²) in [6, 6.07) is 19.5. The molecule has 0 saturated carbocycles. The molecular weight excluding hydrogens is 415 g/mol. The fraction of sp³-hybridized carbons (Fsp3) is 0.130. The van der Waals surface area contributed by atoms with E-state index in [0.29, 0.717) is 11.4 Å². The van der Waals surface area contributed by atoms with Crippen LogP contribution in [0.1, 0.15) is 18.9 Å². The monoisotopic (exact) mass is 434 g/mol. The standard InChI is InChI=1S/C23H19FN4O2S/c1-14(16-7-6-15-4-2-3-5-17(15)12-16)27-28-23-26-21(29)13-20(31-23)22(30)25-19-10-8-18(24)9-11-19/h2-12,20H,13H2,1H3,(H,25,30)(H,26,28,29)/b27-14-. The molecule has 2 N–H and O–H groups in total. The Kier molecular flexibility index (Phi) is 6.08. The molecule has 0 aliphatic carbocycles. The van der Waals surface area contributed by atoms with E-state index in [1.807, 2.05) is 49.4 Å². The van der Waals surface area contributed by atoms with Gasteiger partial charge < -0.3 is 10.6 Å². The number of thioether (sulfide) groups is 1. The normalized spacial score (nSPS) is 18.1. The number of hydrogen-bond donors (Lipinski definition) is 2. The summed E-state index contributed by atoms with van der Waals surface area (Å²) in [6.45, 7) is 1.84. The Morgan fingerprint density at radius 1 is 1.10 bits per heavy atom. The summed E-state index contributed by atoms with van der Waals surface area (Å²) in [5, 5.41) is 15.6. The van der Waals surface area contributed by atoms with E-state index in [9.17, 15) is 14.0 Å². The smallest absolute Gasteiger partial charge is 0.238 e. The number of amides is 2. The van der Waals surface area contributed by atoms with Gasteiger partial charge in [-0.15, -0.1) is 5.10 Å². The first-order valence-corrected chi connectivity index (χ1v) is 10.5. The van der Waals surface area contributed by atoms with Crippen molar-refractivity contribution in [2.24, 2.45) is 10.2 Å². The van der Waals surface area contributed by atoms with Crippen molar-refractivity contribution in [3.8, 4) is 0 Å². The maximum atomic E-state index is 13.0. The number of nitrogens with one attached hydrogen (secondary N) is 2. The largest absolute Gasteiger partial charge is 0.325 e. The first-order chi connectivity index (χ1) is 15.0. The molecule has 2 amide bonds. The number of amidine groups is 1. The molecule has 6 nitrogen and oxygen atoms in total. The zero-order chi connectivity index (χ0) is 21.8. The second kappa shape index (κ2) is 9.09. The van der Waals surface area contributed by atoms with Crippen LogP contribution in [0.3, 0.4) is 0 Å². The van der Waals surface area contributed by atoms with E-state index in [0.717, 1.165) is 28.1 Å². The summed E-state index contributed by atoms with van der Waals surface area (Å²) in [4.78, 5) is 24.6. The van der Waals surface area contributed by atoms with Crippen LogP contribution in [0.5, 0.6) is 0 Å². The molecule has 156 valence electrons. The Morgan fingerprint density at radius 3 is 2.61 bits per heavy atom. The van der Waals surface area contributed by atoms with Crippen LogP contribution in [-0.2, 0) is 9.59 Å². The van der Waals surface area contributed by atoms with Crippen molar-refractivity contribution in [1.29, 1.82) is 0 Å². The summed E-state index contributed by atoms with van der Waals surface area (Å²) in [5.41, 5.74) is 2.06. The highest BCUT2D eigenvalue weighted by molar-refractivity contribution is 8.15. The van der Waals surface area contributed by atoms with E-state index < -0.39 is 11.1 Å². The van der Waals surface area contributed by atoms with E-state index in [-0.39, 0.29) is 23.4 Å². The highest BCUT2D eigenvalue weighted by Gasteiger charge is 2.30. The molecule has 31 heavy (non-hydrogen) atoms. The maximum Gasteiger partial charge on any atom is 0.238 e. The molecule has 0 radical (unpaired) electrons. The SMILES string of the molecule is C/C(=N/N=C1\NC(=O)CC(C(=O)Nc2ccc(F)cc2)S1)c1ccc2ccccc2c1. The third kappa shape index (κ3) is 5.16. The van der Waals surface area contributed by atoms with Gasteiger partial charge in [0.05, 0.1) is 5.71 Å². The van der Waals surface area contributed by atoms with E-state index in [1.165, 1.54) is 24.3 Å². The minimum atomic E-state index is -0.659. The number of carbonyl (C=O) groups excluding carboxylic acids is 2. The number of fused-ring (bicyclic) bond motifs is 1. The predicted molar refractivity (Wildman–Crippen MR) is 123 cm³/mol. The number of halogens is 1. The maximum absolute atomic E-state index is 13.0. The molecule has 0 spiro atoms. The second-order valence-electron chi connectivity index (χ2n) is 7.01. The Bertz CT molecular complexity index is 1210. The first kappa shape index (κ1) is 20.7. The van der Waals surface area contributed by atoms with Gasteiger partial charge in [0.1, 0.15) is 11.1 Å². The number of nitrogens with zero attached hydrogens (tertiary/aromatic N) is 2. The third-order valence-corrected chi connectivity index (χ3v) is 5.81. The molecule has 4 rings (SSSR count).